The fourth-order valence-electron chi connectivity index (χ4n) is 2.18. The molecule has 0 aliphatic heterocycles. The first kappa shape index (κ1) is 20.4. The van der Waals surface area contributed by atoms with Crippen LogP contribution >= 0.6 is 0 Å². The summed E-state index contributed by atoms with van der Waals surface area (Å²) in [5, 5.41) is 34.4. The molecule has 0 radical (unpaired) electrons. The molecule has 0 bridgehead atoms. The fourth-order valence-corrected chi connectivity index (χ4v) is 2.18. The third-order valence-corrected chi connectivity index (χ3v) is 3.03. The number of hydrogen-bond acceptors (Lipinski definition) is 4. The Bertz CT molecular complexity index is 811. The molecule has 3 rings (SSSR count). The standard InChI is InChI=1S/C13H10N2O4.Ca.2H2O/c1-19-11-7-3-5-9-13(11)15(18)8-4-2-6-10(16)12(8)14(9)17;;;/h2-7,16H,1H3;;2*1H2/q;+2;;. The zero-order chi connectivity index (χ0) is 13.6. The largest absolute Gasteiger partial charge is 2.00 e. The molecule has 0 spiro atoms. The monoisotopic (exact) mass is 334 g/mol. The van der Waals surface area contributed by atoms with Crippen LogP contribution in [0, 0.1) is 10.4 Å². The summed E-state index contributed by atoms with van der Waals surface area (Å²) in [7, 11) is 1.43. The Balaban J connectivity index is 0.00000147. The zero-order valence-corrected chi connectivity index (χ0v) is 13.9. The van der Waals surface area contributed by atoms with Crippen LogP contribution in [0.2, 0.25) is 0 Å². The summed E-state index contributed by atoms with van der Waals surface area (Å²) < 4.78 is 6.24. The second-order valence-electron chi connectivity index (χ2n) is 4.06. The van der Waals surface area contributed by atoms with E-state index in [2.05, 4.69) is 0 Å². The molecule has 8 nitrogen and oxygen atoms in total. The maximum atomic E-state index is 12.3. The molecule has 0 fully saturated rings. The number of phenols is 1. The first-order chi connectivity index (χ1) is 9.15. The van der Waals surface area contributed by atoms with E-state index in [0.717, 1.165) is 0 Å². The van der Waals surface area contributed by atoms with Gasteiger partial charge >= 0.3 is 48.8 Å². The van der Waals surface area contributed by atoms with Gasteiger partial charge < -0.3 is 31.2 Å². The van der Waals surface area contributed by atoms with Crippen molar-refractivity contribution in [3.05, 3.63) is 46.8 Å². The Hall–Kier alpha value is -1.58. The predicted molar refractivity (Wildman–Crippen MR) is 80.6 cm³/mol. The summed E-state index contributed by atoms with van der Waals surface area (Å²) in [6.07, 6.45) is 0. The molecular weight excluding hydrogens is 320 g/mol. The predicted octanol–water partition coefficient (Wildman–Crippen LogP) is -1.06. The maximum absolute atomic E-state index is 12.3. The van der Waals surface area contributed by atoms with Gasteiger partial charge in [-0.3, -0.25) is 0 Å². The van der Waals surface area contributed by atoms with E-state index >= 15 is 0 Å². The van der Waals surface area contributed by atoms with Gasteiger partial charge in [-0.2, -0.15) is 9.46 Å². The van der Waals surface area contributed by atoms with Crippen molar-refractivity contribution >= 4 is 59.8 Å². The van der Waals surface area contributed by atoms with E-state index in [1.54, 1.807) is 12.1 Å². The molecule has 2 aromatic carbocycles. The number of nitrogens with zero attached hydrogens (tertiary/aromatic N) is 2. The van der Waals surface area contributed by atoms with Gasteiger partial charge in [-0.05, 0) is 12.1 Å². The molecule has 0 unspecified atom stereocenters. The molecular formula is C13H14CaN2O6+2. The number of fused-ring (bicyclic) bond motifs is 2. The van der Waals surface area contributed by atoms with E-state index in [1.165, 1.54) is 31.4 Å². The Morgan fingerprint density at radius 3 is 2.00 bits per heavy atom. The van der Waals surface area contributed by atoms with E-state index in [0.29, 0.717) is 15.2 Å². The van der Waals surface area contributed by atoms with E-state index in [-0.39, 0.29) is 76.5 Å². The first-order valence-electron chi connectivity index (χ1n) is 5.58. The first-order valence-corrected chi connectivity index (χ1v) is 5.58. The summed E-state index contributed by atoms with van der Waals surface area (Å²) in [6.45, 7) is 0. The van der Waals surface area contributed by atoms with Gasteiger partial charge in [0.1, 0.15) is 0 Å². The Kier molecular flexibility index (Phi) is 7.07. The van der Waals surface area contributed by atoms with Gasteiger partial charge in [0.2, 0.25) is 0 Å². The van der Waals surface area contributed by atoms with Crippen LogP contribution in [0.15, 0.2) is 36.4 Å². The molecule has 3 aromatic rings. The third kappa shape index (κ3) is 2.83. The van der Waals surface area contributed by atoms with E-state index in [1.807, 2.05) is 0 Å². The second kappa shape index (κ2) is 7.61. The van der Waals surface area contributed by atoms with Gasteiger partial charge in [0, 0.05) is 12.1 Å². The van der Waals surface area contributed by atoms with Crippen LogP contribution in [-0.4, -0.2) is 60.9 Å². The number of phenolic OH excluding ortho intramolecular Hbond substituents is 1. The van der Waals surface area contributed by atoms with Crippen molar-refractivity contribution in [1.29, 1.82) is 0 Å². The van der Waals surface area contributed by atoms with Crippen LogP contribution in [-0.2, 0) is 0 Å². The average molecular weight is 334 g/mol. The average Bonchev–Trinajstić information content (AvgIpc) is 2.43. The molecule has 5 N–H and O–H groups in total. The molecule has 0 aliphatic carbocycles. The summed E-state index contributed by atoms with van der Waals surface area (Å²) in [6, 6.07) is 9.07. The van der Waals surface area contributed by atoms with Crippen molar-refractivity contribution in [2.24, 2.45) is 0 Å². The van der Waals surface area contributed by atoms with Crippen LogP contribution < -0.4 is 14.2 Å². The van der Waals surface area contributed by atoms with Crippen LogP contribution in [0.4, 0.5) is 0 Å². The molecule has 0 saturated heterocycles. The SMILES string of the molecule is COc1cccc2c1[n+]([O-])c1cccc(O)c1[n+]2[O-].O.O.[Ca+2]. The maximum Gasteiger partial charge on any atom is 2.00 e. The summed E-state index contributed by atoms with van der Waals surface area (Å²) in [4.78, 5) is 0. The number of para-hydroxylation sites is 2. The molecule has 0 atom stereocenters. The normalized spacial score (nSPS) is 9.50. The second-order valence-corrected chi connectivity index (χ2v) is 4.06. The summed E-state index contributed by atoms with van der Waals surface area (Å²) in [5.74, 6) is 0.0733. The molecule has 0 amide bonds. The molecule has 0 saturated carbocycles. The quantitative estimate of drug-likeness (QED) is 0.261. The molecule has 0 aliphatic rings. The Labute approximate surface area is 155 Å². The van der Waals surface area contributed by atoms with Crippen molar-refractivity contribution < 1.29 is 30.3 Å². The minimum atomic E-state index is -0.234. The van der Waals surface area contributed by atoms with Crippen molar-refractivity contribution in [2.45, 2.75) is 0 Å². The number of aromatic hydroxyl groups is 1. The van der Waals surface area contributed by atoms with Gasteiger partial charge in [-0.1, -0.05) is 12.1 Å². The summed E-state index contributed by atoms with van der Waals surface area (Å²) in [5.41, 5.74) is 0.312. The molecule has 1 aromatic heterocycles. The number of aromatic nitrogens is 2. The minimum Gasteiger partial charge on any atom is -0.617 e. The molecule has 9 heteroatoms. The third-order valence-electron chi connectivity index (χ3n) is 3.03. The van der Waals surface area contributed by atoms with Gasteiger partial charge in [0.15, 0.2) is 11.5 Å². The van der Waals surface area contributed by atoms with Crippen molar-refractivity contribution in [3.8, 4) is 11.5 Å². The van der Waals surface area contributed by atoms with Crippen LogP contribution in [0.1, 0.15) is 0 Å². The minimum absolute atomic E-state index is 0. The van der Waals surface area contributed by atoms with E-state index in [4.69, 9.17) is 4.74 Å². The van der Waals surface area contributed by atoms with E-state index in [9.17, 15) is 15.5 Å². The zero-order valence-electron chi connectivity index (χ0n) is 11.7. The van der Waals surface area contributed by atoms with Gasteiger partial charge in [-0.15, -0.1) is 0 Å². The van der Waals surface area contributed by atoms with Crippen LogP contribution in [0.25, 0.3) is 22.1 Å². The summed E-state index contributed by atoms with van der Waals surface area (Å²) >= 11 is 0. The van der Waals surface area contributed by atoms with Crippen molar-refractivity contribution in [3.63, 3.8) is 0 Å². The fraction of sp³-hybridized carbons (Fsp3) is 0.0769. The molecule has 112 valence electrons. The van der Waals surface area contributed by atoms with Crippen LogP contribution in [0.3, 0.4) is 0 Å². The number of hydrogen-bond donors (Lipinski definition) is 1. The molecule has 22 heavy (non-hydrogen) atoms. The number of methoxy groups -OCH3 is 1. The number of rotatable bonds is 1. The van der Waals surface area contributed by atoms with E-state index < -0.39 is 0 Å². The Morgan fingerprint density at radius 1 is 0.909 bits per heavy atom. The van der Waals surface area contributed by atoms with Gasteiger partial charge in [0.25, 0.3) is 11.0 Å². The molecule has 1 heterocycles. The topological polar surface area (TPSA) is 146 Å². The van der Waals surface area contributed by atoms with Gasteiger partial charge in [-0.25, -0.2) is 0 Å². The van der Waals surface area contributed by atoms with Crippen molar-refractivity contribution in [2.75, 3.05) is 7.11 Å². The Morgan fingerprint density at radius 2 is 1.41 bits per heavy atom. The van der Waals surface area contributed by atoms with Gasteiger partial charge in [0.05, 0.1) is 7.11 Å². The smallest absolute Gasteiger partial charge is 0.617 e. The number of benzene rings is 2. The van der Waals surface area contributed by atoms with Crippen LogP contribution in [0.5, 0.6) is 11.5 Å². The van der Waals surface area contributed by atoms with Crippen molar-refractivity contribution in [1.82, 2.24) is 0 Å². The number of ether oxygens (including phenoxy) is 1.